The minimum atomic E-state index is 0.343. The average Bonchev–Trinajstić information content (AvgIpc) is 2.86. The fourth-order valence-electron chi connectivity index (χ4n) is 2.14. The molecule has 2 heterocycles. The van der Waals surface area contributed by atoms with E-state index in [1.807, 2.05) is 10.9 Å². The van der Waals surface area contributed by atoms with Crippen molar-refractivity contribution in [1.29, 1.82) is 0 Å². The van der Waals surface area contributed by atoms with Gasteiger partial charge in [-0.15, -0.1) is 0 Å². The van der Waals surface area contributed by atoms with E-state index in [9.17, 15) is 0 Å². The summed E-state index contributed by atoms with van der Waals surface area (Å²) in [6.07, 6.45) is 5.13. The van der Waals surface area contributed by atoms with Crippen LogP contribution in [0.1, 0.15) is 39.3 Å². The Morgan fingerprint density at radius 3 is 3.00 bits per heavy atom. The molecule has 0 radical (unpaired) electrons. The molecule has 1 aromatic heterocycles. The molecule has 2 unspecified atom stereocenters. The number of nitrogens with one attached hydrogen (secondary N) is 1. The van der Waals surface area contributed by atoms with Gasteiger partial charge in [0.05, 0.1) is 24.4 Å². The highest BCUT2D eigenvalue weighted by Crippen LogP contribution is 2.20. The quantitative estimate of drug-likeness (QED) is 0.850. The summed E-state index contributed by atoms with van der Waals surface area (Å²) in [5, 5.41) is 7.91. The Labute approximate surface area is 103 Å². The molecule has 0 aromatic carbocycles. The molecule has 0 spiro atoms. The maximum absolute atomic E-state index is 5.80. The van der Waals surface area contributed by atoms with Gasteiger partial charge in [0.15, 0.2) is 0 Å². The summed E-state index contributed by atoms with van der Waals surface area (Å²) in [6.45, 7) is 8.15. The van der Waals surface area contributed by atoms with Crippen LogP contribution in [0.3, 0.4) is 0 Å². The molecule has 1 aliphatic rings. The summed E-state index contributed by atoms with van der Waals surface area (Å²) < 4.78 is 7.80. The van der Waals surface area contributed by atoms with Gasteiger partial charge in [-0.1, -0.05) is 13.8 Å². The van der Waals surface area contributed by atoms with Gasteiger partial charge in [-0.05, 0) is 25.8 Å². The fourth-order valence-corrected chi connectivity index (χ4v) is 2.14. The van der Waals surface area contributed by atoms with E-state index in [1.165, 1.54) is 6.42 Å². The zero-order valence-corrected chi connectivity index (χ0v) is 11.0. The molecule has 17 heavy (non-hydrogen) atoms. The van der Waals surface area contributed by atoms with E-state index in [1.54, 1.807) is 0 Å². The summed E-state index contributed by atoms with van der Waals surface area (Å²) in [6, 6.07) is 2.58. The van der Waals surface area contributed by atoms with Crippen molar-refractivity contribution in [3.05, 3.63) is 18.0 Å². The van der Waals surface area contributed by atoms with Crippen LogP contribution in [0, 0.1) is 0 Å². The molecule has 1 aliphatic heterocycles. The molecular formula is C13H23N3O. The zero-order valence-electron chi connectivity index (χ0n) is 11.0. The van der Waals surface area contributed by atoms with Gasteiger partial charge in [0.2, 0.25) is 0 Å². The molecule has 1 fully saturated rings. The Morgan fingerprint density at radius 1 is 1.53 bits per heavy atom. The number of nitrogens with zero attached hydrogens (tertiary/aromatic N) is 2. The highest BCUT2D eigenvalue weighted by molar-refractivity contribution is 4.98. The standard InChI is InChI=1S/C13H23N3O/c1-10(2)14-8-12-6-7-16(15-12)9-13-5-4-11(3)17-13/h6-7,10-11,13-14H,4-5,8-9H2,1-3H3. The second-order valence-corrected chi connectivity index (χ2v) is 5.21. The molecular weight excluding hydrogens is 214 g/mol. The van der Waals surface area contributed by atoms with Crippen LogP contribution >= 0.6 is 0 Å². The minimum Gasteiger partial charge on any atom is -0.373 e. The summed E-state index contributed by atoms with van der Waals surface area (Å²) in [5.74, 6) is 0. The largest absolute Gasteiger partial charge is 0.373 e. The first-order valence-corrected chi connectivity index (χ1v) is 6.54. The predicted molar refractivity (Wildman–Crippen MR) is 67.8 cm³/mol. The maximum atomic E-state index is 5.80. The number of hydrogen-bond donors (Lipinski definition) is 1. The third-order valence-electron chi connectivity index (χ3n) is 3.10. The van der Waals surface area contributed by atoms with Gasteiger partial charge in [0.25, 0.3) is 0 Å². The first-order chi connectivity index (χ1) is 8.13. The van der Waals surface area contributed by atoms with Gasteiger partial charge in [0.1, 0.15) is 0 Å². The Balaban J connectivity index is 1.81. The van der Waals surface area contributed by atoms with Crippen molar-refractivity contribution in [2.45, 2.75) is 65.0 Å². The van der Waals surface area contributed by atoms with Crippen LogP contribution < -0.4 is 5.32 Å². The van der Waals surface area contributed by atoms with Gasteiger partial charge >= 0.3 is 0 Å². The number of aromatic nitrogens is 2. The summed E-state index contributed by atoms with van der Waals surface area (Å²) in [4.78, 5) is 0. The van der Waals surface area contributed by atoms with E-state index < -0.39 is 0 Å². The van der Waals surface area contributed by atoms with Crippen molar-refractivity contribution in [2.75, 3.05) is 0 Å². The van der Waals surface area contributed by atoms with Gasteiger partial charge < -0.3 is 10.1 Å². The zero-order chi connectivity index (χ0) is 12.3. The number of rotatable bonds is 5. The fraction of sp³-hybridized carbons (Fsp3) is 0.769. The van der Waals surface area contributed by atoms with E-state index in [-0.39, 0.29) is 0 Å². The molecule has 96 valence electrons. The van der Waals surface area contributed by atoms with Crippen LogP contribution in [0.4, 0.5) is 0 Å². The molecule has 0 saturated carbocycles. The van der Waals surface area contributed by atoms with Crippen molar-refractivity contribution in [3.8, 4) is 0 Å². The lowest BCUT2D eigenvalue weighted by Crippen LogP contribution is -2.22. The van der Waals surface area contributed by atoms with Crippen LogP contribution in [0.15, 0.2) is 12.3 Å². The van der Waals surface area contributed by atoms with Crippen molar-refractivity contribution >= 4 is 0 Å². The van der Waals surface area contributed by atoms with Crippen LogP contribution in [0.25, 0.3) is 0 Å². The number of hydrogen-bond acceptors (Lipinski definition) is 3. The van der Waals surface area contributed by atoms with Crippen LogP contribution in [-0.2, 0) is 17.8 Å². The number of ether oxygens (including phenoxy) is 1. The second-order valence-electron chi connectivity index (χ2n) is 5.21. The normalized spacial score (nSPS) is 24.7. The van der Waals surface area contributed by atoms with E-state index in [4.69, 9.17) is 4.74 Å². The Hall–Kier alpha value is -0.870. The van der Waals surface area contributed by atoms with Gasteiger partial charge in [-0.3, -0.25) is 4.68 Å². The molecule has 4 nitrogen and oxygen atoms in total. The van der Waals surface area contributed by atoms with Gasteiger partial charge in [-0.2, -0.15) is 5.10 Å². The maximum Gasteiger partial charge on any atom is 0.0775 e. The van der Waals surface area contributed by atoms with E-state index >= 15 is 0 Å². The molecule has 4 heteroatoms. The minimum absolute atomic E-state index is 0.343. The monoisotopic (exact) mass is 237 g/mol. The summed E-state index contributed by atoms with van der Waals surface area (Å²) >= 11 is 0. The Kier molecular flexibility index (Phi) is 4.18. The lowest BCUT2D eigenvalue weighted by molar-refractivity contribution is 0.0436. The molecule has 0 bridgehead atoms. The van der Waals surface area contributed by atoms with E-state index in [0.717, 1.165) is 25.2 Å². The average molecular weight is 237 g/mol. The first-order valence-electron chi connectivity index (χ1n) is 6.54. The molecule has 1 aromatic rings. The van der Waals surface area contributed by atoms with E-state index in [2.05, 4.69) is 37.3 Å². The molecule has 1 saturated heterocycles. The lowest BCUT2D eigenvalue weighted by atomic mass is 10.2. The second kappa shape index (κ2) is 5.65. The van der Waals surface area contributed by atoms with Crippen molar-refractivity contribution in [2.24, 2.45) is 0 Å². The predicted octanol–water partition coefficient (Wildman–Crippen LogP) is 1.95. The van der Waals surface area contributed by atoms with Crippen molar-refractivity contribution in [3.63, 3.8) is 0 Å². The molecule has 1 N–H and O–H groups in total. The van der Waals surface area contributed by atoms with Crippen LogP contribution in [0.2, 0.25) is 0 Å². The third kappa shape index (κ3) is 3.82. The molecule has 0 aliphatic carbocycles. The third-order valence-corrected chi connectivity index (χ3v) is 3.10. The lowest BCUT2D eigenvalue weighted by Gasteiger charge is -2.11. The van der Waals surface area contributed by atoms with Crippen LogP contribution in [-0.4, -0.2) is 28.0 Å². The van der Waals surface area contributed by atoms with Gasteiger partial charge in [-0.25, -0.2) is 0 Å². The van der Waals surface area contributed by atoms with Crippen LogP contribution in [0.5, 0.6) is 0 Å². The topological polar surface area (TPSA) is 39.1 Å². The van der Waals surface area contributed by atoms with E-state index in [0.29, 0.717) is 18.2 Å². The summed E-state index contributed by atoms with van der Waals surface area (Å²) in [7, 11) is 0. The van der Waals surface area contributed by atoms with Crippen molar-refractivity contribution in [1.82, 2.24) is 15.1 Å². The Bertz CT molecular complexity index is 348. The van der Waals surface area contributed by atoms with Crippen molar-refractivity contribution < 1.29 is 4.74 Å². The SMILES string of the molecule is CC(C)NCc1ccn(CC2CCC(C)O2)n1. The smallest absolute Gasteiger partial charge is 0.0775 e. The Morgan fingerprint density at radius 2 is 2.35 bits per heavy atom. The summed E-state index contributed by atoms with van der Waals surface area (Å²) in [5.41, 5.74) is 1.10. The highest BCUT2D eigenvalue weighted by Gasteiger charge is 2.22. The molecule has 2 rings (SSSR count). The highest BCUT2D eigenvalue weighted by atomic mass is 16.5. The molecule has 2 atom stereocenters. The van der Waals surface area contributed by atoms with Gasteiger partial charge in [0, 0.05) is 18.8 Å². The molecule has 0 amide bonds. The first kappa shape index (κ1) is 12.6.